The minimum atomic E-state index is -0.378. The molecule has 7 nitrogen and oxygen atoms in total. The summed E-state index contributed by atoms with van der Waals surface area (Å²) in [6.07, 6.45) is 3.42. The molecule has 0 saturated heterocycles. The van der Waals surface area contributed by atoms with Crippen LogP contribution in [0.4, 0.5) is 0 Å². The number of rotatable bonds is 11. The average Bonchev–Trinajstić information content (AvgIpc) is 3.13. The zero-order chi connectivity index (χ0) is 18.5. The number of nitrogens with one attached hydrogen (secondary N) is 1. The molecule has 0 spiro atoms. The van der Waals surface area contributed by atoms with Gasteiger partial charge in [-0.1, -0.05) is 13.8 Å². The van der Waals surface area contributed by atoms with E-state index in [9.17, 15) is 4.79 Å². The maximum Gasteiger partial charge on any atom is 0.294 e. The molecule has 0 fully saturated rings. The molecule has 1 heterocycles. The Morgan fingerprint density at radius 2 is 2.12 bits per heavy atom. The quantitative estimate of drug-likeness (QED) is 0.376. The molecule has 142 valence electrons. The zero-order valence-corrected chi connectivity index (χ0v) is 15.8. The van der Waals surface area contributed by atoms with Gasteiger partial charge in [0.25, 0.3) is 11.9 Å². The van der Waals surface area contributed by atoms with E-state index in [0.29, 0.717) is 13.2 Å². The van der Waals surface area contributed by atoms with Gasteiger partial charge in [0, 0.05) is 7.11 Å². The van der Waals surface area contributed by atoms with E-state index in [4.69, 9.17) is 13.9 Å². The van der Waals surface area contributed by atoms with Crippen LogP contribution in [0.5, 0.6) is 0 Å². The first kappa shape index (κ1) is 21.2. The molecular weight excluding hydrogens is 322 g/mol. The molecule has 0 aliphatic rings. The highest BCUT2D eigenvalue weighted by Gasteiger charge is 2.14. The fraction of sp³-hybridized carbons (Fsp3) is 0.667. The van der Waals surface area contributed by atoms with Crippen LogP contribution in [0.15, 0.2) is 27.8 Å². The number of hydrogen-bond acceptors (Lipinski definition) is 6. The number of aliphatic imine (C=N–C) groups is 1. The minimum Gasteiger partial charge on any atom is -0.463 e. The van der Waals surface area contributed by atoms with E-state index in [1.807, 2.05) is 6.92 Å². The Morgan fingerprint density at radius 3 is 2.72 bits per heavy atom. The van der Waals surface area contributed by atoms with Gasteiger partial charge in [-0.15, -0.1) is 0 Å². The molecular formula is C18H31N3O4. The van der Waals surface area contributed by atoms with Crippen molar-refractivity contribution in [1.82, 2.24) is 10.2 Å². The maximum atomic E-state index is 12.1. The summed E-state index contributed by atoms with van der Waals surface area (Å²) in [6.45, 7) is 10.2. The molecule has 0 radical (unpaired) electrons. The van der Waals surface area contributed by atoms with Crippen LogP contribution in [0.1, 0.15) is 44.2 Å². The summed E-state index contributed by atoms with van der Waals surface area (Å²) >= 11 is 0. The average molecular weight is 353 g/mol. The molecule has 1 N–H and O–H groups in total. The molecule has 7 heteroatoms. The summed E-state index contributed by atoms with van der Waals surface area (Å²) in [7, 11) is 1.59. The Labute approximate surface area is 150 Å². The van der Waals surface area contributed by atoms with Crippen LogP contribution in [0, 0.1) is 0 Å². The van der Waals surface area contributed by atoms with Crippen LogP contribution < -0.4 is 5.32 Å². The number of methoxy groups -OCH3 is 1. The topological polar surface area (TPSA) is 76.3 Å². The number of amidine groups is 1. The van der Waals surface area contributed by atoms with E-state index in [-0.39, 0.29) is 23.7 Å². The van der Waals surface area contributed by atoms with Crippen LogP contribution in [-0.4, -0.2) is 62.8 Å². The molecule has 0 aliphatic carbocycles. The second-order valence-corrected chi connectivity index (χ2v) is 5.73. The molecule has 1 aromatic rings. The molecule has 0 aromatic carbocycles. The van der Waals surface area contributed by atoms with Crippen LogP contribution in [-0.2, 0) is 9.47 Å². The number of carbonyl (C=O) groups is 1. The SMILES string of the molecule is CCN(CC)CCC[C@@H](C)N=C(NC(=O)c1ccco1)OCCOC. The van der Waals surface area contributed by atoms with Gasteiger partial charge in [-0.2, -0.15) is 0 Å². The molecule has 0 aliphatic heterocycles. The van der Waals surface area contributed by atoms with Crippen molar-refractivity contribution in [3.63, 3.8) is 0 Å². The summed E-state index contributed by atoms with van der Waals surface area (Å²) in [5.41, 5.74) is 0. The Kier molecular flexibility index (Phi) is 10.6. The summed E-state index contributed by atoms with van der Waals surface area (Å²) in [6, 6.07) is 3.50. The van der Waals surface area contributed by atoms with Gasteiger partial charge >= 0.3 is 0 Å². The third-order valence-corrected chi connectivity index (χ3v) is 3.82. The highest BCUT2D eigenvalue weighted by atomic mass is 16.5. The normalized spacial score (nSPS) is 13.1. The predicted octanol–water partition coefficient (Wildman–Crippen LogP) is 2.54. The molecule has 1 atom stereocenters. The number of amides is 1. The first-order chi connectivity index (χ1) is 12.1. The molecule has 0 saturated carbocycles. The van der Waals surface area contributed by atoms with E-state index in [1.54, 1.807) is 19.2 Å². The number of nitrogens with zero attached hydrogens (tertiary/aromatic N) is 2. The lowest BCUT2D eigenvalue weighted by molar-refractivity contribution is 0.0927. The standard InChI is InChI=1S/C18H31N3O4/c1-5-21(6-2)11-7-9-15(3)19-18(25-14-13-23-4)20-17(22)16-10-8-12-24-16/h8,10,12,15H,5-7,9,11,13-14H2,1-4H3,(H,19,20,22)/t15-/m1/s1. The van der Waals surface area contributed by atoms with E-state index in [0.717, 1.165) is 32.5 Å². The summed E-state index contributed by atoms with van der Waals surface area (Å²) < 4.78 is 15.6. The lowest BCUT2D eigenvalue weighted by atomic mass is 10.2. The van der Waals surface area contributed by atoms with Gasteiger partial charge in [0.1, 0.15) is 6.61 Å². The van der Waals surface area contributed by atoms with E-state index in [1.165, 1.54) is 6.26 Å². The third-order valence-electron chi connectivity index (χ3n) is 3.82. The summed E-state index contributed by atoms with van der Waals surface area (Å²) in [4.78, 5) is 19.0. The Hall–Kier alpha value is -1.86. The number of ether oxygens (including phenoxy) is 2. The largest absolute Gasteiger partial charge is 0.463 e. The third kappa shape index (κ3) is 8.69. The van der Waals surface area contributed by atoms with Crippen LogP contribution in [0.2, 0.25) is 0 Å². The second-order valence-electron chi connectivity index (χ2n) is 5.73. The minimum absolute atomic E-state index is 0.0463. The Bertz CT molecular complexity index is 498. The summed E-state index contributed by atoms with van der Waals surface area (Å²) in [5, 5.41) is 2.66. The molecule has 25 heavy (non-hydrogen) atoms. The highest BCUT2D eigenvalue weighted by molar-refractivity contribution is 6.02. The van der Waals surface area contributed by atoms with Gasteiger partial charge < -0.3 is 18.8 Å². The van der Waals surface area contributed by atoms with Crippen LogP contribution >= 0.6 is 0 Å². The van der Waals surface area contributed by atoms with Gasteiger partial charge in [-0.05, 0) is 51.5 Å². The summed E-state index contributed by atoms with van der Waals surface area (Å²) in [5.74, 6) is -0.159. The van der Waals surface area contributed by atoms with Crippen LogP contribution in [0.3, 0.4) is 0 Å². The van der Waals surface area contributed by atoms with E-state index >= 15 is 0 Å². The van der Waals surface area contributed by atoms with Gasteiger partial charge in [-0.3, -0.25) is 10.1 Å². The Morgan fingerprint density at radius 1 is 1.36 bits per heavy atom. The lowest BCUT2D eigenvalue weighted by Gasteiger charge is -2.18. The zero-order valence-electron chi connectivity index (χ0n) is 15.8. The van der Waals surface area contributed by atoms with E-state index < -0.39 is 0 Å². The fourth-order valence-corrected chi connectivity index (χ4v) is 2.31. The predicted molar refractivity (Wildman–Crippen MR) is 97.9 cm³/mol. The van der Waals surface area contributed by atoms with Gasteiger partial charge in [0.15, 0.2) is 5.76 Å². The molecule has 1 rings (SSSR count). The van der Waals surface area contributed by atoms with Gasteiger partial charge in [0.05, 0.1) is 18.9 Å². The van der Waals surface area contributed by atoms with Crippen molar-refractivity contribution in [2.24, 2.45) is 4.99 Å². The van der Waals surface area contributed by atoms with Crippen molar-refractivity contribution < 1.29 is 18.7 Å². The highest BCUT2D eigenvalue weighted by Crippen LogP contribution is 2.05. The number of furan rings is 1. The fourth-order valence-electron chi connectivity index (χ4n) is 2.31. The van der Waals surface area contributed by atoms with Crippen molar-refractivity contribution in [3.05, 3.63) is 24.2 Å². The second kappa shape index (κ2) is 12.5. The van der Waals surface area contributed by atoms with Gasteiger partial charge in [0.2, 0.25) is 0 Å². The first-order valence-electron chi connectivity index (χ1n) is 8.87. The van der Waals surface area contributed by atoms with Crippen molar-refractivity contribution in [2.45, 2.75) is 39.7 Å². The Balaban J connectivity index is 2.56. The van der Waals surface area contributed by atoms with Crippen LogP contribution in [0.25, 0.3) is 0 Å². The van der Waals surface area contributed by atoms with Crippen molar-refractivity contribution in [3.8, 4) is 0 Å². The first-order valence-corrected chi connectivity index (χ1v) is 8.87. The molecule has 0 unspecified atom stereocenters. The van der Waals surface area contributed by atoms with Gasteiger partial charge in [-0.25, -0.2) is 4.99 Å². The molecule has 1 amide bonds. The smallest absolute Gasteiger partial charge is 0.294 e. The number of carbonyl (C=O) groups excluding carboxylic acids is 1. The van der Waals surface area contributed by atoms with Crippen molar-refractivity contribution >= 4 is 11.9 Å². The molecule has 0 bridgehead atoms. The molecule has 1 aromatic heterocycles. The lowest BCUT2D eigenvalue weighted by Crippen LogP contribution is -2.34. The van der Waals surface area contributed by atoms with Crippen molar-refractivity contribution in [1.29, 1.82) is 0 Å². The van der Waals surface area contributed by atoms with E-state index in [2.05, 4.69) is 29.1 Å². The van der Waals surface area contributed by atoms with Crippen molar-refractivity contribution in [2.75, 3.05) is 40.0 Å². The maximum absolute atomic E-state index is 12.1. The monoisotopic (exact) mass is 353 g/mol. The number of hydrogen-bond donors (Lipinski definition) is 1.